The molecule has 0 amide bonds. The fourth-order valence-electron chi connectivity index (χ4n) is 2.09. The van der Waals surface area contributed by atoms with Crippen molar-refractivity contribution in [2.24, 2.45) is 0 Å². The minimum atomic E-state index is -6.55. The zero-order chi connectivity index (χ0) is 17.9. The van der Waals surface area contributed by atoms with Crippen LogP contribution in [-0.2, 0) is 0 Å². The van der Waals surface area contributed by atoms with Crippen LogP contribution in [0.1, 0.15) is 5.56 Å². The molecule has 1 fully saturated rings. The summed E-state index contributed by atoms with van der Waals surface area (Å²) in [6.45, 7) is 0. The fourth-order valence-corrected chi connectivity index (χ4v) is 2.87. The topological polar surface area (TPSA) is 0 Å². The molecular weight excluding hydrogens is 454 g/mol. The molecule has 0 radical (unpaired) electrons. The predicted molar refractivity (Wildman–Crippen MR) is 72.1 cm³/mol. The van der Waals surface area contributed by atoms with Crippen LogP contribution in [0.15, 0.2) is 36.4 Å². The summed E-state index contributed by atoms with van der Waals surface area (Å²) in [7, 11) is 0. The van der Waals surface area contributed by atoms with Gasteiger partial charge in [-0.3, -0.25) is 0 Å². The highest BCUT2D eigenvalue weighted by molar-refractivity contribution is 14.1. The first-order valence-corrected chi connectivity index (χ1v) is 6.96. The number of halogens is 10. The Hall–Kier alpha value is -0.940. The maximum Gasteiger partial charge on any atom is 0.382 e. The van der Waals surface area contributed by atoms with Crippen molar-refractivity contribution in [2.75, 3.05) is 0 Å². The molecule has 0 N–H and O–H groups in total. The van der Waals surface area contributed by atoms with Gasteiger partial charge in [-0.25, -0.2) is 4.39 Å². The van der Waals surface area contributed by atoms with E-state index in [1.807, 2.05) is 0 Å². The van der Waals surface area contributed by atoms with Gasteiger partial charge in [0.25, 0.3) is 5.67 Å². The van der Waals surface area contributed by atoms with Gasteiger partial charge in [-0.1, -0.05) is 30.3 Å². The largest absolute Gasteiger partial charge is 0.382 e. The summed E-state index contributed by atoms with van der Waals surface area (Å²) in [6, 6.07) is 6.49. The highest BCUT2D eigenvalue weighted by Crippen LogP contribution is 2.69. The van der Waals surface area contributed by atoms with Gasteiger partial charge in [-0.15, -0.1) is 0 Å². The van der Waals surface area contributed by atoms with Crippen LogP contribution in [0.5, 0.6) is 0 Å². The average molecular weight is 460 g/mol. The molecule has 0 nitrogen and oxygen atoms in total. The Morgan fingerprint density at radius 3 is 1.48 bits per heavy atom. The zero-order valence-electron chi connectivity index (χ0n) is 10.7. The molecule has 10 heteroatoms. The smallest absolute Gasteiger partial charge is 0.225 e. The van der Waals surface area contributed by atoms with E-state index in [9.17, 15) is 39.5 Å². The maximum absolute atomic E-state index is 14.3. The van der Waals surface area contributed by atoms with E-state index in [2.05, 4.69) is 0 Å². The number of rotatable bonds is 2. The average Bonchev–Trinajstić information content (AvgIpc) is 2.50. The van der Waals surface area contributed by atoms with Crippen LogP contribution in [0.25, 0.3) is 3.58 Å². The first-order chi connectivity index (χ1) is 10.2. The molecule has 1 aromatic rings. The molecule has 0 aromatic heterocycles. The number of hydrogen-bond donors (Lipinski definition) is 0. The van der Waals surface area contributed by atoms with Crippen molar-refractivity contribution < 1.29 is 39.5 Å². The van der Waals surface area contributed by atoms with Crippen LogP contribution in [0.2, 0.25) is 0 Å². The Kier molecular flexibility index (Phi) is 4.02. The second kappa shape index (κ2) is 5.03. The molecular formula is C13H6F9I. The fraction of sp³-hybridized carbons (Fsp3) is 0.385. The molecule has 0 atom stereocenters. The molecule has 0 spiro atoms. The Labute approximate surface area is 137 Å². The van der Waals surface area contributed by atoms with Gasteiger partial charge in [0.1, 0.15) is 0 Å². The van der Waals surface area contributed by atoms with Crippen LogP contribution >= 0.6 is 22.6 Å². The van der Waals surface area contributed by atoms with Crippen molar-refractivity contribution in [3.63, 3.8) is 0 Å². The first kappa shape index (κ1) is 18.4. The van der Waals surface area contributed by atoms with E-state index in [1.54, 1.807) is 0 Å². The van der Waals surface area contributed by atoms with Gasteiger partial charge >= 0.3 is 23.7 Å². The van der Waals surface area contributed by atoms with Crippen molar-refractivity contribution in [1.82, 2.24) is 0 Å². The Bertz CT molecular complexity index is 610. The molecule has 0 heterocycles. The van der Waals surface area contributed by atoms with Crippen LogP contribution in [0.4, 0.5) is 39.5 Å². The number of alkyl halides is 9. The zero-order valence-corrected chi connectivity index (χ0v) is 12.9. The summed E-state index contributed by atoms with van der Waals surface area (Å²) in [5.74, 6) is -25.7. The first-order valence-electron chi connectivity index (χ1n) is 5.88. The SMILES string of the molecule is FC1(F)C(F)(F)C(F)(F)C(F)(C=C(I)c2ccccc2)C1(F)F. The normalized spacial score (nSPS) is 27.0. The predicted octanol–water partition coefficient (Wildman–Crippen LogP) is 5.73. The van der Waals surface area contributed by atoms with E-state index >= 15 is 0 Å². The summed E-state index contributed by atoms with van der Waals surface area (Å²) in [4.78, 5) is 0. The van der Waals surface area contributed by atoms with Crippen LogP contribution in [-0.4, -0.2) is 29.4 Å². The van der Waals surface area contributed by atoms with E-state index in [-0.39, 0.29) is 5.56 Å². The summed E-state index contributed by atoms with van der Waals surface area (Å²) in [6.07, 6.45) is -0.572. The third kappa shape index (κ3) is 2.05. The van der Waals surface area contributed by atoms with Crippen molar-refractivity contribution in [2.45, 2.75) is 29.4 Å². The second-order valence-electron chi connectivity index (χ2n) is 4.87. The van der Waals surface area contributed by atoms with Gasteiger partial charge in [0, 0.05) is 3.58 Å². The second-order valence-corrected chi connectivity index (χ2v) is 6.03. The highest BCUT2D eigenvalue weighted by Gasteiger charge is 3.00. The molecule has 23 heavy (non-hydrogen) atoms. The molecule has 128 valence electrons. The number of hydrogen-bond acceptors (Lipinski definition) is 0. The molecule has 1 aliphatic rings. The summed E-state index contributed by atoms with van der Waals surface area (Å²) in [5.41, 5.74) is -5.63. The lowest BCUT2D eigenvalue weighted by atomic mass is 9.95. The standard InChI is InChI=1S/C13H6F9I/c14-9(6-8(23)7-4-2-1-3-5-7)10(15,16)12(19,20)13(21,22)11(9,17)18/h1-6H. The van der Waals surface area contributed by atoms with E-state index in [0.29, 0.717) is 0 Å². The molecule has 1 aliphatic carbocycles. The lowest BCUT2D eigenvalue weighted by molar-refractivity contribution is -0.303. The lowest BCUT2D eigenvalue weighted by Gasteiger charge is -2.28. The molecule has 0 bridgehead atoms. The summed E-state index contributed by atoms with van der Waals surface area (Å²) >= 11 is 1.13. The quantitative estimate of drug-likeness (QED) is 0.391. The van der Waals surface area contributed by atoms with Crippen LogP contribution in [0.3, 0.4) is 0 Å². The van der Waals surface area contributed by atoms with Gasteiger partial charge < -0.3 is 0 Å². The Morgan fingerprint density at radius 2 is 1.09 bits per heavy atom. The summed E-state index contributed by atoms with van der Waals surface area (Å²) in [5, 5.41) is 0. The lowest BCUT2D eigenvalue weighted by Crippen LogP contribution is -2.53. The van der Waals surface area contributed by atoms with Gasteiger partial charge in [0.15, 0.2) is 0 Å². The molecule has 1 aromatic carbocycles. The van der Waals surface area contributed by atoms with Crippen LogP contribution in [0, 0.1) is 0 Å². The molecule has 1 saturated carbocycles. The minimum absolute atomic E-state index is 0.0738. The van der Waals surface area contributed by atoms with E-state index < -0.39 is 39.0 Å². The maximum atomic E-state index is 14.3. The third-order valence-electron chi connectivity index (χ3n) is 3.47. The van der Waals surface area contributed by atoms with E-state index in [0.717, 1.165) is 22.6 Å². The monoisotopic (exact) mass is 460 g/mol. The van der Waals surface area contributed by atoms with Gasteiger partial charge in [0.05, 0.1) is 0 Å². The number of benzene rings is 1. The van der Waals surface area contributed by atoms with Gasteiger partial charge in [-0.05, 0) is 34.2 Å². The Morgan fingerprint density at radius 1 is 0.696 bits per heavy atom. The molecule has 0 saturated heterocycles. The van der Waals surface area contributed by atoms with E-state index in [1.165, 1.54) is 30.3 Å². The van der Waals surface area contributed by atoms with E-state index in [4.69, 9.17) is 0 Å². The Balaban J connectivity index is 2.68. The van der Waals surface area contributed by atoms with Crippen molar-refractivity contribution >= 4 is 26.2 Å². The number of allylic oxidation sites excluding steroid dienone is 1. The van der Waals surface area contributed by atoms with Crippen molar-refractivity contribution in [1.29, 1.82) is 0 Å². The van der Waals surface area contributed by atoms with Gasteiger partial charge in [-0.2, -0.15) is 35.1 Å². The molecule has 0 aliphatic heterocycles. The third-order valence-corrected chi connectivity index (χ3v) is 4.41. The van der Waals surface area contributed by atoms with Crippen LogP contribution < -0.4 is 0 Å². The van der Waals surface area contributed by atoms with Crippen molar-refractivity contribution in [3.05, 3.63) is 42.0 Å². The molecule has 0 unspecified atom stereocenters. The minimum Gasteiger partial charge on any atom is -0.225 e. The summed E-state index contributed by atoms with van der Waals surface area (Å²) < 4.78 is 120. The molecule has 2 rings (SSSR count). The van der Waals surface area contributed by atoms with Crippen molar-refractivity contribution in [3.8, 4) is 0 Å². The van der Waals surface area contributed by atoms with Gasteiger partial charge in [0.2, 0.25) is 0 Å². The highest BCUT2D eigenvalue weighted by atomic mass is 127.